The van der Waals surface area contributed by atoms with Crippen molar-refractivity contribution in [3.63, 3.8) is 0 Å². The summed E-state index contributed by atoms with van der Waals surface area (Å²) < 4.78 is 11.0. The lowest BCUT2D eigenvalue weighted by Gasteiger charge is -2.30. The van der Waals surface area contributed by atoms with Crippen LogP contribution in [0.3, 0.4) is 0 Å². The number of esters is 2. The number of ether oxygens (including phenoxy) is 2. The van der Waals surface area contributed by atoms with Gasteiger partial charge in [-0.05, 0) is 31.9 Å². The van der Waals surface area contributed by atoms with Crippen LogP contribution >= 0.6 is 0 Å². The quantitative estimate of drug-likeness (QED) is 0.214. The maximum atomic E-state index is 13.5. The Morgan fingerprint density at radius 1 is 0.925 bits per heavy atom. The molecule has 2 aromatic carbocycles. The number of carbonyl (C=O) groups is 4. The molecule has 0 saturated carbocycles. The Morgan fingerprint density at radius 2 is 1.45 bits per heavy atom. The van der Waals surface area contributed by atoms with Crippen molar-refractivity contribution in [3.05, 3.63) is 97.9 Å². The number of nitro groups is 1. The Labute approximate surface area is 230 Å². The van der Waals surface area contributed by atoms with Gasteiger partial charge >= 0.3 is 11.9 Å². The fraction of sp³-hybridized carbons (Fsp3) is 0.310. The third kappa shape index (κ3) is 5.35. The highest BCUT2D eigenvalue weighted by molar-refractivity contribution is 6.21. The Bertz CT molecular complexity index is 1440. The van der Waals surface area contributed by atoms with Gasteiger partial charge in [0.25, 0.3) is 17.5 Å². The van der Waals surface area contributed by atoms with E-state index in [0.29, 0.717) is 11.4 Å². The minimum absolute atomic E-state index is 0.0150. The van der Waals surface area contributed by atoms with Crippen molar-refractivity contribution in [1.82, 2.24) is 10.2 Å². The second kappa shape index (κ2) is 11.5. The second-order valence-electron chi connectivity index (χ2n) is 9.89. The highest BCUT2D eigenvalue weighted by Crippen LogP contribution is 2.42. The number of hydrogen-bond donors (Lipinski definition) is 1. The summed E-state index contributed by atoms with van der Waals surface area (Å²) in [6.07, 6.45) is 0. The van der Waals surface area contributed by atoms with Crippen LogP contribution in [0.2, 0.25) is 0 Å². The molecule has 11 nitrogen and oxygen atoms in total. The number of para-hydroxylation sites is 1. The van der Waals surface area contributed by atoms with E-state index in [2.05, 4.69) is 5.32 Å². The van der Waals surface area contributed by atoms with Gasteiger partial charge in [-0.25, -0.2) is 9.59 Å². The lowest BCUT2D eigenvalue weighted by atomic mass is 9.79. The zero-order valence-electron chi connectivity index (χ0n) is 22.6. The molecule has 2 aliphatic heterocycles. The van der Waals surface area contributed by atoms with E-state index in [0.717, 1.165) is 4.90 Å². The molecular formula is C29H29N3O8. The first-order chi connectivity index (χ1) is 19.0. The molecule has 2 aliphatic rings. The molecule has 0 saturated heterocycles. The summed E-state index contributed by atoms with van der Waals surface area (Å²) in [5.74, 6) is -3.67. The molecule has 1 atom stereocenters. The number of imide groups is 1. The number of carbonyl (C=O) groups excluding carboxylic acids is 4. The van der Waals surface area contributed by atoms with Gasteiger partial charge in [0.1, 0.15) is 6.61 Å². The smallest absolute Gasteiger partial charge is 0.336 e. The van der Waals surface area contributed by atoms with Crippen LogP contribution in [-0.4, -0.2) is 53.3 Å². The zero-order valence-corrected chi connectivity index (χ0v) is 22.6. The van der Waals surface area contributed by atoms with Crippen LogP contribution in [0.4, 0.5) is 5.69 Å². The van der Waals surface area contributed by atoms with E-state index >= 15 is 0 Å². The van der Waals surface area contributed by atoms with Crippen LogP contribution < -0.4 is 5.32 Å². The van der Waals surface area contributed by atoms with Gasteiger partial charge < -0.3 is 14.8 Å². The van der Waals surface area contributed by atoms with Crippen LogP contribution in [0.1, 0.15) is 59.9 Å². The SMILES string of the molecule is CC1=C(C(=O)OCCN2C(=O)c3ccccc3C2=O)C(c2ccccc2[N+](=O)[O-])C(C(=O)OCC(C)C)=C(C)N1. The predicted molar refractivity (Wildman–Crippen MR) is 143 cm³/mol. The molecule has 0 spiro atoms. The lowest BCUT2D eigenvalue weighted by molar-refractivity contribution is -0.385. The number of rotatable bonds is 9. The highest BCUT2D eigenvalue weighted by Gasteiger charge is 2.41. The van der Waals surface area contributed by atoms with Crippen molar-refractivity contribution >= 4 is 29.4 Å². The summed E-state index contributed by atoms with van der Waals surface area (Å²) in [6, 6.07) is 12.3. The molecule has 0 bridgehead atoms. The summed E-state index contributed by atoms with van der Waals surface area (Å²) in [7, 11) is 0. The summed E-state index contributed by atoms with van der Waals surface area (Å²) in [5, 5.41) is 14.9. The first-order valence-electron chi connectivity index (χ1n) is 12.7. The van der Waals surface area contributed by atoms with Gasteiger partial charge in [0.15, 0.2) is 0 Å². The van der Waals surface area contributed by atoms with Crippen molar-refractivity contribution < 1.29 is 33.6 Å². The van der Waals surface area contributed by atoms with Crippen molar-refractivity contribution in [2.24, 2.45) is 5.92 Å². The highest BCUT2D eigenvalue weighted by atomic mass is 16.6. The molecule has 0 aromatic heterocycles. The minimum Gasteiger partial charge on any atom is -0.462 e. The van der Waals surface area contributed by atoms with Gasteiger partial charge in [0.05, 0.1) is 46.3 Å². The van der Waals surface area contributed by atoms with Gasteiger partial charge in [-0.3, -0.25) is 24.6 Å². The molecule has 40 heavy (non-hydrogen) atoms. The van der Waals surface area contributed by atoms with Crippen molar-refractivity contribution in [3.8, 4) is 0 Å². The second-order valence-corrected chi connectivity index (χ2v) is 9.89. The van der Waals surface area contributed by atoms with Gasteiger partial charge in [0.2, 0.25) is 0 Å². The molecule has 0 aliphatic carbocycles. The molecular weight excluding hydrogens is 518 g/mol. The number of benzene rings is 2. The summed E-state index contributed by atoms with van der Waals surface area (Å²) >= 11 is 0. The maximum Gasteiger partial charge on any atom is 0.336 e. The van der Waals surface area contributed by atoms with Gasteiger partial charge in [-0.2, -0.15) is 0 Å². The first-order valence-corrected chi connectivity index (χ1v) is 12.7. The Balaban J connectivity index is 1.63. The van der Waals surface area contributed by atoms with E-state index < -0.39 is 34.6 Å². The normalized spacial score (nSPS) is 16.7. The summed E-state index contributed by atoms with van der Waals surface area (Å²) in [6.45, 7) is 6.57. The number of nitrogens with one attached hydrogen (secondary N) is 1. The van der Waals surface area contributed by atoms with E-state index in [1.807, 2.05) is 13.8 Å². The van der Waals surface area contributed by atoms with Crippen molar-refractivity contribution in [2.75, 3.05) is 19.8 Å². The standard InChI is InChI=1S/C29H29N3O8/c1-16(2)15-40-29(36)24-18(4)30-17(3)23(25(24)21-11-7-8-12-22(21)32(37)38)28(35)39-14-13-31-26(33)19-9-5-6-10-20(19)27(31)34/h5-12,16,25,30H,13-15H2,1-4H3. The Hall–Kier alpha value is -4.80. The molecule has 4 rings (SSSR count). The molecule has 0 fully saturated rings. The third-order valence-electron chi connectivity index (χ3n) is 6.62. The molecule has 11 heteroatoms. The topological polar surface area (TPSA) is 145 Å². The number of nitrogens with zero attached hydrogens (tertiary/aromatic N) is 2. The number of allylic oxidation sites excluding steroid dienone is 2. The largest absolute Gasteiger partial charge is 0.462 e. The van der Waals surface area contributed by atoms with Crippen molar-refractivity contribution in [2.45, 2.75) is 33.6 Å². The molecule has 2 heterocycles. The van der Waals surface area contributed by atoms with Crippen LogP contribution in [0, 0.1) is 16.0 Å². The summed E-state index contributed by atoms with van der Waals surface area (Å²) in [5.41, 5.74) is 1.15. The van der Waals surface area contributed by atoms with E-state index in [1.54, 1.807) is 44.2 Å². The molecule has 2 amide bonds. The maximum absolute atomic E-state index is 13.5. The average molecular weight is 548 g/mol. The fourth-order valence-corrected chi connectivity index (χ4v) is 4.81. The van der Waals surface area contributed by atoms with Crippen LogP contribution in [0.15, 0.2) is 71.1 Å². The Kier molecular flexibility index (Phi) is 8.13. The minimum atomic E-state index is -1.16. The van der Waals surface area contributed by atoms with Gasteiger partial charge in [-0.15, -0.1) is 0 Å². The number of fused-ring (bicyclic) bond motifs is 1. The van der Waals surface area contributed by atoms with Crippen LogP contribution in [-0.2, 0) is 19.1 Å². The molecule has 0 radical (unpaired) electrons. The summed E-state index contributed by atoms with van der Waals surface area (Å²) in [4.78, 5) is 64.5. The van der Waals surface area contributed by atoms with Crippen LogP contribution in [0.25, 0.3) is 0 Å². The molecule has 1 N–H and O–H groups in total. The first kappa shape index (κ1) is 28.2. The third-order valence-corrected chi connectivity index (χ3v) is 6.62. The van der Waals surface area contributed by atoms with E-state index in [-0.39, 0.29) is 59.2 Å². The van der Waals surface area contributed by atoms with E-state index in [9.17, 15) is 29.3 Å². The average Bonchev–Trinajstić information content (AvgIpc) is 3.16. The molecule has 1 unspecified atom stereocenters. The molecule has 2 aromatic rings. The number of nitro benzene ring substituents is 1. The fourth-order valence-electron chi connectivity index (χ4n) is 4.81. The van der Waals surface area contributed by atoms with Crippen molar-refractivity contribution in [1.29, 1.82) is 0 Å². The number of hydrogen-bond acceptors (Lipinski definition) is 9. The van der Waals surface area contributed by atoms with Gasteiger partial charge in [-0.1, -0.05) is 44.2 Å². The number of dihydropyridines is 1. The monoisotopic (exact) mass is 547 g/mol. The van der Waals surface area contributed by atoms with E-state index in [1.165, 1.54) is 18.2 Å². The zero-order chi connectivity index (χ0) is 29.1. The molecule has 208 valence electrons. The number of amides is 2. The van der Waals surface area contributed by atoms with E-state index in [4.69, 9.17) is 9.47 Å². The Morgan fingerprint density at radius 3 is 2.00 bits per heavy atom. The van der Waals surface area contributed by atoms with Crippen LogP contribution in [0.5, 0.6) is 0 Å². The predicted octanol–water partition coefficient (Wildman–Crippen LogP) is 3.87. The lowest BCUT2D eigenvalue weighted by Crippen LogP contribution is -2.35. The van der Waals surface area contributed by atoms with Gasteiger partial charge in [0, 0.05) is 23.0 Å².